The lowest BCUT2D eigenvalue weighted by Gasteiger charge is -2.06. The lowest BCUT2D eigenvalue weighted by atomic mass is 10.1. The molecule has 1 heterocycles. The standard InChI is InChI=1S/C19H17ClN2O4/c1-24-16-6-2-13(3-7-16)18-10-15(22-26-18)11-21-19(23)12-25-17-8-4-14(20)5-9-17/h2-10H,11-12H2,1H3,(H,21,23). The smallest absolute Gasteiger partial charge is 0.258 e. The molecule has 3 rings (SSSR count). The zero-order chi connectivity index (χ0) is 18.4. The lowest BCUT2D eigenvalue weighted by molar-refractivity contribution is -0.123. The molecule has 2 aromatic carbocycles. The second-order valence-corrected chi connectivity index (χ2v) is 5.87. The second kappa shape index (κ2) is 8.40. The summed E-state index contributed by atoms with van der Waals surface area (Å²) in [5, 5.41) is 7.30. The number of nitrogens with one attached hydrogen (secondary N) is 1. The molecule has 134 valence electrons. The molecule has 0 fully saturated rings. The van der Waals surface area contributed by atoms with E-state index in [1.54, 1.807) is 37.4 Å². The SMILES string of the molecule is COc1ccc(-c2cc(CNC(=O)COc3ccc(Cl)cc3)no2)cc1. The fourth-order valence-electron chi connectivity index (χ4n) is 2.21. The van der Waals surface area contributed by atoms with Crippen LogP contribution in [-0.4, -0.2) is 24.8 Å². The number of carbonyl (C=O) groups is 1. The molecule has 0 saturated carbocycles. The molecule has 0 aliphatic rings. The molecule has 1 aromatic heterocycles. The summed E-state index contributed by atoms with van der Waals surface area (Å²) in [6, 6.07) is 16.0. The van der Waals surface area contributed by atoms with E-state index < -0.39 is 0 Å². The van der Waals surface area contributed by atoms with Crippen LogP contribution >= 0.6 is 11.6 Å². The van der Waals surface area contributed by atoms with Crippen molar-refractivity contribution in [2.24, 2.45) is 0 Å². The monoisotopic (exact) mass is 372 g/mol. The Bertz CT molecular complexity index is 860. The van der Waals surface area contributed by atoms with E-state index >= 15 is 0 Å². The first kappa shape index (κ1) is 17.8. The van der Waals surface area contributed by atoms with Gasteiger partial charge in [-0.3, -0.25) is 4.79 Å². The van der Waals surface area contributed by atoms with Crippen LogP contribution in [0.25, 0.3) is 11.3 Å². The Balaban J connectivity index is 1.49. The summed E-state index contributed by atoms with van der Waals surface area (Å²) < 4.78 is 15.8. The molecule has 0 radical (unpaired) electrons. The molecule has 0 aliphatic heterocycles. The summed E-state index contributed by atoms with van der Waals surface area (Å²) in [5.41, 5.74) is 1.50. The third-order valence-corrected chi connectivity index (χ3v) is 3.84. The average molecular weight is 373 g/mol. The van der Waals surface area contributed by atoms with Crippen molar-refractivity contribution in [3.63, 3.8) is 0 Å². The Morgan fingerprint density at radius 3 is 2.50 bits per heavy atom. The van der Waals surface area contributed by atoms with Crippen LogP contribution in [0.2, 0.25) is 5.02 Å². The summed E-state index contributed by atoms with van der Waals surface area (Å²) >= 11 is 5.80. The number of methoxy groups -OCH3 is 1. The van der Waals surface area contributed by atoms with E-state index in [9.17, 15) is 4.79 Å². The van der Waals surface area contributed by atoms with Crippen molar-refractivity contribution in [2.45, 2.75) is 6.54 Å². The Hall–Kier alpha value is -2.99. The van der Waals surface area contributed by atoms with Crippen LogP contribution in [0.3, 0.4) is 0 Å². The molecule has 0 unspecified atom stereocenters. The third kappa shape index (κ3) is 4.77. The van der Waals surface area contributed by atoms with Crippen LogP contribution in [0.1, 0.15) is 5.69 Å². The van der Waals surface area contributed by atoms with E-state index in [1.807, 2.05) is 24.3 Å². The fraction of sp³-hybridized carbons (Fsp3) is 0.158. The first-order chi connectivity index (χ1) is 12.6. The number of hydrogen-bond donors (Lipinski definition) is 1. The Morgan fingerprint density at radius 2 is 1.81 bits per heavy atom. The summed E-state index contributed by atoms with van der Waals surface area (Å²) in [7, 11) is 1.61. The van der Waals surface area contributed by atoms with Gasteiger partial charge in [-0.1, -0.05) is 16.8 Å². The van der Waals surface area contributed by atoms with Gasteiger partial charge < -0.3 is 19.3 Å². The molecule has 26 heavy (non-hydrogen) atoms. The number of hydrogen-bond acceptors (Lipinski definition) is 5. The average Bonchev–Trinajstić information content (AvgIpc) is 3.15. The van der Waals surface area contributed by atoms with Crippen LogP contribution in [0.15, 0.2) is 59.1 Å². The quantitative estimate of drug-likeness (QED) is 0.684. The van der Waals surface area contributed by atoms with E-state index in [-0.39, 0.29) is 19.1 Å². The summed E-state index contributed by atoms with van der Waals surface area (Å²) in [5.74, 6) is 1.71. The maximum atomic E-state index is 11.9. The van der Waals surface area contributed by atoms with Gasteiger partial charge in [-0.25, -0.2) is 0 Å². The Labute approximate surface area is 155 Å². The number of nitrogens with zero attached hydrogens (tertiary/aromatic N) is 1. The van der Waals surface area contributed by atoms with Gasteiger partial charge in [-0.2, -0.15) is 0 Å². The highest BCUT2D eigenvalue weighted by atomic mass is 35.5. The van der Waals surface area contributed by atoms with E-state index in [1.165, 1.54) is 0 Å². The minimum absolute atomic E-state index is 0.0924. The van der Waals surface area contributed by atoms with E-state index in [4.69, 9.17) is 25.6 Å². The van der Waals surface area contributed by atoms with Crippen molar-refractivity contribution in [3.8, 4) is 22.8 Å². The van der Waals surface area contributed by atoms with Crippen molar-refractivity contribution in [1.29, 1.82) is 0 Å². The molecule has 1 N–H and O–H groups in total. The number of rotatable bonds is 7. The molecule has 7 heteroatoms. The highest BCUT2D eigenvalue weighted by molar-refractivity contribution is 6.30. The minimum Gasteiger partial charge on any atom is -0.497 e. The van der Waals surface area contributed by atoms with Crippen molar-refractivity contribution in [3.05, 3.63) is 65.3 Å². The minimum atomic E-state index is -0.256. The predicted octanol–water partition coefficient (Wildman–Crippen LogP) is 3.70. The molecule has 3 aromatic rings. The maximum absolute atomic E-state index is 11.9. The van der Waals surface area contributed by atoms with Gasteiger partial charge in [0.25, 0.3) is 5.91 Å². The first-order valence-corrected chi connectivity index (χ1v) is 8.27. The molecule has 6 nitrogen and oxygen atoms in total. The zero-order valence-electron chi connectivity index (χ0n) is 14.1. The van der Waals surface area contributed by atoms with Gasteiger partial charge >= 0.3 is 0 Å². The van der Waals surface area contributed by atoms with E-state index in [0.717, 1.165) is 11.3 Å². The van der Waals surface area contributed by atoms with Gasteiger partial charge in [0.05, 0.1) is 13.7 Å². The van der Waals surface area contributed by atoms with Crippen molar-refractivity contribution in [1.82, 2.24) is 10.5 Å². The molecule has 0 aliphatic carbocycles. The van der Waals surface area contributed by atoms with Crippen LogP contribution in [0, 0.1) is 0 Å². The molecule has 1 amide bonds. The molecular weight excluding hydrogens is 356 g/mol. The van der Waals surface area contributed by atoms with Crippen LogP contribution in [0.5, 0.6) is 11.5 Å². The Morgan fingerprint density at radius 1 is 1.12 bits per heavy atom. The molecule has 0 atom stereocenters. The third-order valence-electron chi connectivity index (χ3n) is 3.58. The second-order valence-electron chi connectivity index (χ2n) is 5.43. The van der Waals surface area contributed by atoms with Gasteiger partial charge in [0, 0.05) is 16.7 Å². The Kier molecular flexibility index (Phi) is 5.76. The largest absolute Gasteiger partial charge is 0.497 e. The summed E-state index contributed by atoms with van der Waals surface area (Å²) in [4.78, 5) is 11.9. The number of halogens is 1. The summed E-state index contributed by atoms with van der Waals surface area (Å²) in [6.45, 7) is 0.160. The number of benzene rings is 2. The maximum Gasteiger partial charge on any atom is 0.258 e. The van der Waals surface area contributed by atoms with Gasteiger partial charge in [0.2, 0.25) is 0 Å². The number of ether oxygens (including phenoxy) is 2. The topological polar surface area (TPSA) is 73.6 Å². The number of aromatic nitrogens is 1. The van der Waals surface area contributed by atoms with Gasteiger partial charge in [0.1, 0.15) is 17.2 Å². The number of amides is 1. The van der Waals surface area contributed by atoms with Crippen molar-refractivity contribution < 1.29 is 18.8 Å². The van der Waals surface area contributed by atoms with Gasteiger partial charge in [0.15, 0.2) is 12.4 Å². The van der Waals surface area contributed by atoms with Crippen molar-refractivity contribution in [2.75, 3.05) is 13.7 Å². The summed E-state index contributed by atoms with van der Waals surface area (Å²) in [6.07, 6.45) is 0. The van der Waals surface area contributed by atoms with Crippen LogP contribution in [-0.2, 0) is 11.3 Å². The predicted molar refractivity (Wildman–Crippen MR) is 97.3 cm³/mol. The lowest BCUT2D eigenvalue weighted by Crippen LogP contribution is -2.28. The highest BCUT2D eigenvalue weighted by Crippen LogP contribution is 2.23. The van der Waals surface area contributed by atoms with Gasteiger partial charge in [-0.05, 0) is 48.5 Å². The van der Waals surface area contributed by atoms with Gasteiger partial charge in [-0.15, -0.1) is 0 Å². The van der Waals surface area contributed by atoms with E-state index in [2.05, 4.69) is 10.5 Å². The highest BCUT2D eigenvalue weighted by Gasteiger charge is 2.09. The van der Waals surface area contributed by atoms with Crippen LogP contribution < -0.4 is 14.8 Å². The molecule has 0 saturated heterocycles. The molecular formula is C19H17ClN2O4. The first-order valence-electron chi connectivity index (χ1n) is 7.89. The normalized spacial score (nSPS) is 10.4. The van der Waals surface area contributed by atoms with Crippen LogP contribution in [0.4, 0.5) is 0 Å². The number of carbonyl (C=O) groups excluding carboxylic acids is 1. The van der Waals surface area contributed by atoms with E-state index in [0.29, 0.717) is 22.2 Å². The zero-order valence-corrected chi connectivity index (χ0v) is 14.8. The fourth-order valence-corrected chi connectivity index (χ4v) is 2.33. The molecule has 0 bridgehead atoms. The molecule has 0 spiro atoms. The van der Waals surface area contributed by atoms with Crippen molar-refractivity contribution >= 4 is 17.5 Å².